The lowest BCUT2D eigenvalue weighted by Crippen LogP contribution is -2.27. The third kappa shape index (κ3) is 1.60. The molecule has 1 aliphatic rings. The van der Waals surface area contributed by atoms with Crippen molar-refractivity contribution in [2.24, 2.45) is 0 Å². The largest absolute Gasteiger partial charge is 0.317 e. The molecule has 0 saturated carbocycles. The van der Waals surface area contributed by atoms with Gasteiger partial charge in [0.05, 0.1) is 16.7 Å². The summed E-state index contributed by atoms with van der Waals surface area (Å²) in [6.07, 6.45) is 6.24. The molecule has 3 heterocycles. The highest BCUT2D eigenvalue weighted by Crippen LogP contribution is 2.27. The summed E-state index contributed by atoms with van der Waals surface area (Å²) >= 11 is 6.14. The molecule has 0 amide bonds. The van der Waals surface area contributed by atoms with Gasteiger partial charge in [-0.2, -0.15) is 0 Å². The summed E-state index contributed by atoms with van der Waals surface area (Å²) in [6.45, 7) is 2.17. The lowest BCUT2D eigenvalue weighted by atomic mass is 9.97. The molecule has 2 aromatic heterocycles. The summed E-state index contributed by atoms with van der Waals surface area (Å²) in [5.74, 6) is 1.71. The van der Waals surface area contributed by atoms with Gasteiger partial charge in [-0.3, -0.25) is 0 Å². The molecule has 0 unspecified atom stereocenters. The van der Waals surface area contributed by atoms with Crippen LogP contribution in [0.15, 0.2) is 24.5 Å². The Kier molecular flexibility index (Phi) is 2.58. The molecule has 1 fully saturated rings. The maximum absolute atomic E-state index is 6.14. The van der Waals surface area contributed by atoms with Crippen LogP contribution >= 0.6 is 11.6 Å². The zero-order valence-corrected chi connectivity index (χ0v) is 9.74. The summed E-state index contributed by atoms with van der Waals surface area (Å²) in [4.78, 5) is 4.53. The molecule has 0 radical (unpaired) electrons. The van der Waals surface area contributed by atoms with Gasteiger partial charge < -0.3 is 9.72 Å². The van der Waals surface area contributed by atoms with E-state index in [1.807, 2.05) is 24.5 Å². The number of rotatable bonds is 1. The molecule has 0 spiro atoms. The zero-order chi connectivity index (χ0) is 11.0. The van der Waals surface area contributed by atoms with Gasteiger partial charge in [-0.15, -0.1) is 0 Å². The monoisotopic (exact) mass is 235 g/mol. The van der Waals surface area contributed by atoms with Gasteiger partial charge in [-0.1, -0.05) is 11.6 Å². The maximum atomic E-state index is 6.14. The van der Waals surface area contributed by atoms with Gasteiger partial charge in [0.15, 0.2) is 0 Å². The Labute approximate surface area is 99.4 Å². The molecule has 0 bridgehead atoms. The lowest BCUT2D eigenvalue weighted by molar-refractivity contribution is 0.444. The number of aromatic nitrogens is 2. The van der Waals surface area contributed by atoms with E-state index in [0.29, 0.717) is 5.92 Å². The predicted octanol–water partition coefficient (Wildman–Crippen LogP) is 2.45. The summed E-state index contributed by atoms with van der Waals surface area (Å²) in [6, 6.07) is 3.88. The number of hydrogen-bond acceptors (Lipinski definition) is 2. The summed E-state index contributed by atoms with van der Waals surface area (Å²) in [7, 11) is 0. The van der Waals surface area contributed by atoms with E-state index < -0.39 is 0 Å². The minimum Gasteiger partial charge on any atom is -0.317 e. The molecule has 0 aromatic carbocycles. The minimum atomic E-state index is 0.558. The van der Waals surface area contributed by atoms with Crippen LogP contribution in [-0.2, 0) is 0 Å². The molecule has 84 valence electrons. The van der Waals surface area contributed by atoms with E-state index in [2.05, 4.69) is 14.7 Å². The van der Waals surface area contributed by atoms with Gasteiger partial charge in [0.2, 0.25) is 0 Å². The van der Waals surface area contributed by atoms with E-state index >= 15 is 0 Å². The Morgan fingerprint density at radius 1 is 1.38 bits per heavy atom. The first-order chi connectivity index (χ1) is 7.86. The molecule has 3 nitrogen and oxygen atoms in total. The van der Waals surface area contributed by atoms with Crippen LogP contribution in [0.4, 0.5) is 0 Å². The molecule has 3 rings (SSSR count). The van der Waals surface area contributed by atoms with Crippen LogP contribution in [0.25, 0.3) is 5.52 Å². The third-order valence-corrected chi connectivity index (χ3v) is 3.57. The topological polar surface area (TPSA) is 29.3 Å². The molecular weight excluding hydrogens is 222 g/mol. The molecule has 1 saturated heterocycles. The Bertz CT molecular complexity index is 500. The fourth-order valence-corrected chi connectivity index (χ4v) is 2.60. The number of nitrogens with zero attached hydrogens (tertiary/aromatic N) is 2. The van der Waals surface area contributed by atoms with Crippen LogP contribution in [-0.4, -0.2) is 22.5 Å². The highest BCUT2D eigenvalue weighted by atomic mass is 35.5. The van der Waals surface area contributed by atoms with E-state index in [9.17, 15) is 0 Å². The van der Waals surface area contributed by atoms with Gasteiger partial charge in [0.1, 0.15) is 5.82 Å². The van der Waals surface area contributed by atoms with Crippen molar-refractivity contribution in [2.45, 2.75) is 18.8 Å². The normalized spacial score (nSPS) is 18.1. The maximum Gasteiger partial charge on any atom is 0.116 e. The molecule has 2 aromatic rings. The first kappa shape index (κ1) is 10.1. The average Bonchev–Trinajstić information content (AvgIpc) is 2.75. The Morgan fingerprint density at radius 2 is 2.19 bits per heavy atom. The number of hydrogen-bond donors (Lipinski definition) is 1. The smallest absolute Gasteiger partial charge is 0.116 e. The van der Waals surface area contributed by atoms with Gasteiger partial charge in [-0.05, 0) is 38.1 Å². The van der Waals surface area contributed by atoms with Gasteiger partial charge in [0, 0.05) is 12.1 Å². The number of nitrogens with one attached hydrogen (secondary N) is 1. The molecule has 0 atom stereocenters. The second-order valence-corrected chi connectivity index (χ2v) is 4.66. The lowest BCUT2D eigenvalue weighted by Gasteiger charge is -2.21. The first-order valence-electron chi connectivity index (χ1n) is 5.68. The van der Waals surface area contributed by atoms with Crippen molar-refractivity contribution in [1.29, 1.82) is 0 Å². The number of piperidine rings is 1. The number of pyridine rings is 1. The third-order valence-electron chi connectivity index (χ3n) is 3.25. The van der Waals surface area contributed by atoms with Crippen LogP contribution < -0.4 is 5.32 Å². The first-order valence-corrected chi connectivity index (χ1v) is 6.06. The summed E-state index contributed by atoms with van der Waals surface area (Å²) in [5.41, 5.74) is 1.01. The molecule has 1 N–H and O–H groups in total. The van der Waals surface area contributed by atoms with E-state index in [1.54, 1.807) is 0 Å². The van der Waals surface area contributed by atoms with E-state index in [1.165, 1.54) is 0 Å². The fourth-order valence-electron chi connectivity index (χ4n) is 2.39. The minimum absolute atomic E-state index is 0.558. The van der Waals surface area contributed by atoms with Gasteiger partial charge in [0.25, 0.3) is 0 Å². The van der Waals surface area contributed by atoms with Gasteiger partial charge in [-0.25, -0.2) is 4.98 Å². The van der Waals surface area contributed by atoms with E-state index in [0.717, 1.165) is 42.3 Å². The van der Waals surface area contributed by atoms with Crippen molar-refractivity contribution in [3.05, 3.63) is 35.4 Å². The molecule has 16 heavy (non-hydrogen) atoms. The highest BCUT2D eigenvalue weighted by molar-refractivity contribution is 6.33. The number of imidazole rings is 1. The number of fused-ring (bicyclic) bond motifs is 1. The van der Waals surface area contributed by atoms with Crippen molar-refractivity contribution in [2.75, 3.05) is 13.1 Å². The van der Waals surface area contributed by atoms with E-state index in [-0.39, 0.29) is 0 Å². The second kappa shape index (κ2) is 4.07. The van der Waals surface area contributed by atoms with Crippen molar-refractivity contribution in [1.82, 2.24) is 14.7 Å². The van der Waals surface area contributed by atoms with Crippen molar-refractivity contribution < 1.29 is 0 Å². The Hall–Kier alpha value is -1.06. The molecule has 4 heteroatoms. The Balaban J connectivity index is 2.06. The van der Waals surface area contributed by atoms with Crippen LogP contribution in [0.2, 0.25) is 5.02 Å². The summed E-state index contributed by atoms with van der Waals surface area (Å²) < 4.78 is 2.12. The second-order valence-electron chi connectivity index (χ2n) is 4.25. The predicted molar refractivity (Wildman–Crippen MR) is 65.0 cm³/mol. The average molecular weight is 236 g/mol. The van der Waals surface area contributed by atoms with Crippen LogP contribution in [0, 0.1) is 0 Å². The molecule has 1 aliphatic heterocycles. The Morgan fingerprint density at radius 3 is 3.00 bits per heavy atom. The van der Waals surface area contributed by atoms with Crippen molar-refractivity contribution >= 4 is 17.1 Å². The van der Waals surface area contributed by atoms with E-state index in [4.69, 9.17) is 11.6 Å². The standard InChI is InChI=1S/C12H14ClN3/c13-10-2-1-7-16-11(10)8-15-12(16)9-3-5-14-6-4-9/h1-2,7-9,14H,3-6H2. The van der Waals surface area contributed by atoms with Crippen LogP contribution in [0.5, 0.6) is 0 Å². The van der Waals surface area contributed by atoms with Gasteiger partial charge >= 0.3 is 0 Å². The summed E-state index contributed by atoms with van der Waals surface area (Å²) in [5, 5.41) is 4.15. The quantitative estimate of drug-likeness (QED) is 0.823. The van der Waals surface area contributed by atoms with Crippen molar-refractivity contribution in [3.63, 3.8) is 0 Å². The van der Waals surface area contributed by atoms with Crippen molar-refractivity contribution in [3.8, 4) is 0 Å². The molecule has 0 aliphatic carbocycles. The zero-order valence-electron chi connectivity index (χ0n) is 8.99. The number of halogens is 1. The van der Waals surface area contributed by atoms with Crippen LogP contribution in [0.1, 0.15) is 24.6 Å². The van der Waals surface area contributed by atoms with Crippen LogP contribution in [0.3, 0.4) is 0 Å². The SMILES string of the molecule is Clc1cccn2c(C3CCNCC3)ncc12. The fraction of sp³-hybridized carbons (Fsp3) is 0.417. The molecular formula is C12H14ClN3. The highest BCUT2D eigenvalue weighted by Gasteiger charge is 2.19.